The Balaban J connectivity index is 2.11. The molecule has 0 spiro atoms. The first kappa shape index (κ1) is 17.2. The molecule has 0 atom stereocenters. The number of nitrogens with zero attached hydrogens (tertiary/aromatic N) is 5. The van der Waals surface area contributed by atoms with E-state index in [1.54, 1.807) is 0 Å². The highest BCUT2D eigenvalue weighted by atomic mass is 16.5. The molecular formula is C16H26N6O. The average molecular weight is 318 g/mol. The molecule has 1 aromatic heterocycles. The van der Waals surface area contributed by atoms with Gasteiger partial charge in [-0.3, -0.25) is 4.99 Å². The number of nitrogens with one attached hydrogen (secondary N) is 1. The molecule has 2 rings (SSSR count). The van der Waals surface area contributed by atoms with Gasteiger partial charge in [0.2, 0.25) is 5.88 Å². The molecule has 0 saturated carbocycles. The molecule has 1 N–H and O–H groups in total. The van der Waals surface area contributed by atoms with Crippen LogP contribution < -0.4 is 5.32 Å². The first-order chi connectivity index (χ1) is 11.2. The highest BCUT2D eigenvalue weighted by Gasteiger charge is 2.16. The third-order valence-electron chi connectivity index (χ3n) is 3.76. The van der Waals surface area contributed by atoms with Crippen LogP contribution in [0.4, 0.5) is 5.88 Å². The first-order valence-corrected chi connectivity index (χ1v) is 8.05. The maximum atomic E-state index is 5.24. The number of amidine groups is 1. The van der Waals surface area contributed by atoms with Crippen molar-refractivity contribution in [1.29, 1.82) is 0 Å². The highest BCUT2D eigenvalue weighted by Crippen LogP contribution is 2.14. The molecule has 0 aromatic carbocycles. The summed E-state index contributed by atoms with van der Waals surface area (Å²) in [6.07, 6.45) is 2.74. The Morgan fingerprint density at radius 3 is 2.70 bits per heavy atom. The largest absolute Gasteiger partial charge is 0.354 e. The lowest BCUT2D eigenvalue weighted by atomic mass is 10.3. The summed E-state index contributed by atoms with van der Waals surface area (Å²) in [5.74, 6) is 2.09. The van der Waals surface area contributed by atoms with Gasteiger partial charge < -0.3 is 19.6 Å². The third-order valence-corrected chi connectivity index (χ3v) is 3.76. The lowest BCUT2D eigenvalue weighted by molar-refractivity contribution is 0.216. The van der Waals surface area contributed by atoms with Crippen LogP contribution in [0.25, 0.3) is 0 Å². The highest BCUT2D eigenvalue weighted by molar-refractivity contribution is 5.94. The molecule has 7 heteroatoms. The predicted molar refractivity (Wildman–Crippen MR) is 94.2 cm³/mol. The van der Waals surface area contributed by atoms with Gasteiger partial charge in [-0.15, -0.1) is 0 Å². The fraction of sp³-hybridized carbons (Fsp3) is 0.562. The fourth-order valence-electron chi connectivity index (χ4n) is 2.34. The zero-order valence-electron chi connectivity index (χ0n) is 14.2. The number of hydrogen-bond donors (Lipinski definition) is 1. The van der Waals surface area contributed by atoms with Crippen molar-refractivity contribution in [2.75, 3.05) is 45.1 Å². The van der Waals surface area contributed by atoms with Gasteiger partial charge in [0.1, 0.15) is 11.7 Å². The number of hydrogen-bond acceptors (Lipinski definition) is 6. The summed E-state index contributed by atoms with van der Waals surface area (Å²) in [4.78, 5) is 13.2. The van der Waals surface area contributed by atoms with Gasteiger partial charge in [0.15, 0.2) is 0 Å². The van der Waals surface area contributed by atoms with E-state index in [0.717, 1.165) is 50.7 Å². The van der Waals surface area contributed by atoms with Gasteiger partial charge in [-0.05, 0) is 27.1 Å². The Hall–Kier alpha value is -2.15. The van der Waals surface area contributed by atoms with Crippen molar-refractivity contribution in [1.82, 2.24) is 15.0 Å². The lowest BCUT2D eigenvalue weighted by Gasteiger charge is -2.33. The molecule has 7 nitrogen and oxygen atoms in total. The van der Waals surface area contributed by atoms with E-state index in [9.17, 15) is 0 Å². The summed E-state index contributed by atoms with van der Waals surface area (Å²) < 4.78 is 5.24. The van der Waals surface area contributed by atoms with Crippen molar-refractivity contribution in [3.63, 3.8) is 0 Å². The summed E-state index contributed by atoms with van der Waals surface area (Å²) >= 11 is 0. The number of aliphatic imine (C=N–C) groups is 2. The Morgan fingerprint density at radius 2 is 2.13 bits per heavy atom. The summed E-state index contributed by atoms with van der Waals surface area (Å²) in [6.45, 7) is 12.4. The van der Waals surface area contributed by atoms with E-state index in [1.807, 2.05) is 26.0 Å². The van der Waals surface area contributed by atoms with Crippen LogP contribution in [0, 0.1) is 0 Å². The van der Waals surface area contributed by atoms with E-state index in [2.05, 4.69) is 44.0 Å². The Labute approximate surface area is 137 Å². The molecule has 0 unspecified atom stereocenters. The normalized spacial score (nSPS) is 17.4. The standard InChI is InChI=1S/C16H26N6O/c1-5-13-11-16(23-20-13)19-14(17-3)12-15(18-6-2)22-9-7-21(4)8-10-22/h11-12,19H,3,5-10H2,1-2,4H3/b14-12+,18-15?. The van der Waals surface area contributed by atoms with Crippen LogP contribution in [0.2, 0.25) is 0 Å². The van der Waals surface area contributed by atoms with Crippen LogP contribution in [0.15, 0.2) is 32.5 Å². The second-order valence-electron chi connectivity index (χ2n) is 5.47. The summed E-state index contributed by atoms with van der Waals surface area (Å²) in [6, 6.07) is 1.87. The number of anilines is 1. The van der Waals surface area contributed by atoms with Crippen molar-refractivity contribution in [2.24, 2.45) is 9.98 Å². The average Bonchev–Trinajstić information content (AvgIpc) is 3.02. The molecule has 0 bridgehead atoms. The molecule has 1 aliphatic rings. The first-order valence-electron chi connectivity index (χ1n) is 8.05. The van der Waals surface area contributed by atoms with Gasteiger partial charge in [-0.25, -0.2) is 4.99 Å². The molecule has 1 aromatic rings. The lowest BCUT2D eigenvalue weighted by Crippen LogP contribution is -2.46. The Morgan fingerprint density at radius 1 is 1.39 bits per heavy atom. The summed E-state index contributed by atoms with van der Waals surface area (Å²) in [7, 11) is 2.14. The van der Waals surface area contributed by atoms with Crippen molar-refractivity contribution < 1.29 is 4.52 Å². The summed E-state index contributed by atoms with van der Waals surface area (Å²) in [5, 5.41) is 7.07. The monoisotopic (exact) mass is 318 g/mol. The van der Waals surface area contributed by atoms with Gasteiger partial charge in [0.25, 0.3) is 0 Å². The molecule has 126 valence electrons. The second kappa shape index (κ2) is 8.47. The van der Waals surface area contributed by atoms with Crippen LogP contribution in [-0.2, 0) is 6.42 Å². The number of aryl methyl sites for hydroxylation is 1. The number of aromatic nitrogens is 1. The molecule has 1 aliphatic heterocycles. The molecule has 23 heavy (non-hydrogen) atoms. The van der Waals surface area contributed by atoms with Gasteiger partial charge >= 0.3 is 0 Å². The second-order valence-corrected chi connectivity index (χ2v) is 5.47. The molecule has 2 heterocycles. The molecule has 0 radical (unpaired) electrons. The van der Waals surface area contributed by atoms with E-state index >= 15 is 0 Å². The quantitative estimate of drug-likeness (QED) is 0.640. The van der Waals surface area contributed by atoms with Crippen molar-refractivity contribution in [3.05, 3.63) is 23.7 Å². The number of likely N-dealkylation sites (N-methyl/N-ethyl adjacent to an activating group) is 1. The molecule has 1 fully saturated rings. The Bertz CT molecular complexity index is 569. The predicted octanol–water partition coefficient (Wildman–Crippen LogP) is 1.86. The van der Waals surface area contributed by atoms with Crippen molar-refractivity contribution in [3.8, 4) is 0 Å². The summed E-state index contributed by atoms with van der Waals surface area (Å²) in [5.41, 5.74) is 0.900. The van der Waals surface area contributed by atoms with Gasteiger partial charge in [0.05, 0.1) is 5.69 Å². The molecule has 0 amide bonds. The van der Waals surface area contributed by atoms with Gasteiger partial charge in [0, 0.05) is 44.9 Å². The number of piperazine rings is 1. The fourth-order valence-corrected chi connectivity index (χ4v) is 2.34. The van der Waals surface area contributed by atoms with E-state index in [4.69, 9.17) is 4.52 Å². The van der Waals surface area contributed by atoms with E-state index in [0.29, 0.717) is 11.7 Å². The molecule has 1 saturated heterocycles. The van der Waals surface area contributed by atoms with Crippen LogP contribution in [0.5, 0.6) is 0 Å². The van der Waals surface area contributed by atoms with Crippen molar-refractivity contribution >= 4 is 18.4 Å². The van der Waals surface area contributed by atoms with E-state index < -0.39 is 0 Å². The zero-order valence-corrected chi connectivity index (χ0v) is 14.2. The SMILES string of the molecule is C=N/C(=C\C(=NCC)N1CCN(C)CC1)Nc1cc(CC)no1. The molecule has 0 aliphatic carbocycles. The zero-order chi connectivity index (χ0) is 16.7. The third kappa shape index (κ3) is 4.92. The van der Waals surface area contributed by atoms with Gasteiger partial charge in [-0.2, -0.15) is 0 Å². The smallest absolute Gasteiger partial charge is 0.230 e. The maximum absolute atomic E-state index is 5.24. The molecular weight excluding hydrogens is 292 g/mol. The minimum atomic E-state index is 0.565. The topological polar surface area (TPSA) is 69.3 Å². The maximum Gasteiger partial charge on any atom is 0.230 e. The minimum Gasteiger partial charge on any atom is -0.354 e. The van der Waals surface area contributed by atoms with Crippen LogP contribution in [-0.4, -0.2) is 67.3 Å². The Kier molecular flexibility index (Phi) is 6.34. The van der Waals surface area contributed by atoms with E-state index in [-0.39, 0.29) is 0 Å². The number of rotatable bonds is 6. The van der Waals surface area contributed by atoms with Crippen molar-refractivity contribution in [2.45, 2.75) is 20.3 Å². The van der Waals surface area contributed by atoms with Crippen LogP contribution in [0.1, 0.15) is 19.5 Å². The van der Waals surface area contributed by atoms with E-state index in [1.165, 1.54) is 0 Å². The van der Waals surface area contributed by atoms with Gasteiger partial charge in [-0.1, -0.05) is 12.1 Å². The minimum absolute atomic E-state index is 0.565. The van der Waals surface area contributed by atoms with Crippen LogP contribution in [0.3, 0.4) is 0 Å². The van der Waals surface area contributed by atoms with Crippen LogP contribution >= 0.6 is 0 Å².